The molecule has 82 valence electrons. The first-order valence-electron chi connectivity index (χ1n) is 5.40. The normalized spacial score (nSPS) is 22.5. The van der Waals surface area contributed by atoms with Crippen LogP contribution in [0.2, 0.25) is 0 Å². The highest BCUT2D eigenvalue weighted by Crippen LogP contribution is 2.28. The summed E-state index contributed by atoms with van der Waals surface area (Å²) in [5.74, 6) is 0. The van der Waals surface area contributed by atoms with Crippen molar-refractivity contribution < 1.29 is 0 Å². The molecule has 2 aliphatic rings. The van der Waals surface area contributed by atoms with E-state index in [0.29, 0.717) is 6.04 Å². The molecule has 1 aromatic heterocycles. The Morgan fingerprint density at radius 2 is 2.27 bits per heavy atom. The van der Waals surface area contributed by atoms with Crippen LogP contribution in [-0.4, -0.2) is 41.4 Å². The molecule has 4 nitrogen and oxygen atoms in total. The van der Waals surface area contributed by atoms with Crippen molar-refractivity contribution in [1.29, 1.82) is 0 Å². The van der Waals surface area contributed by atoms with Crippen molar-refractivity contribution >= 4 is 15.9 Å². The molecule has 5 heteroatoms. The molecule has 0 radical (unpaired) electrons. The minimum atomic E-state index is 0.579. The zero-order chi connectivity index (χ0) is 10.4. The summed E-state index contributed by atoms with van der Waals surface area (Å²) in [5.41, 5.74) is 2.79. The van der Waals surface area contributed by atoms with Crippen LogP contribution < -0.4 is 5.32 Å². The predicted molar refractivity (Wildman–Crippen MR) is 61.9 cm³/mol. The number of nitrogens with zero attached hydrogens (tertiary/aromatic N) is 3. The molecule has 2 aliphatic heterocycles. The van der Waals surface area contributed by atoms with Gasteiger partial charge in [-0.15, -0.1) is 0 Å². The van der Waals surface area contributed by atoms with Crippen LogP contribution in [0.25, 0.3) is 0 Å². The summed E-state index contributed by atoms with van der Waals surface area (Å²) >= 11 is 3.57. The van der Waals surface area contributed by atoms with E-state index in [1.54, 1.807) is 0 Å². The monoisotopic (exact) mass is 270 g/mol. The Kier molecular flexibility index (Phi) is 2.34. The van der Waals surface area contributed by atoms with Gasteiger partial charge in [-0.05, 0) is 35.9 Å². The highest BCUT2D eigenvalue weighted by atomic mass is 79.9. The van der Waals surface area contributed by atoms with Crippen LogP contribution in [0.3, 0.4) is 0 Å². The Morgan fingerprint density at radius 1 is 1.47 bits per heavy atom. The van der Waals surface area contributed by atoms with Gasteiger partial charge in [0.25, 0.3) is 0 Å². The second-order valence-electron chi connectivity index (χ2n) is 4.46. The number of halogens is 1. The first-order chi connectivity index (χ1) is 7.25. The van der Waals surface area contributed by atoms with Crippen molar-refractivity contribution in [2.24, 2.45) is 0 Å². The maximum Gasteiger partial charge on any atom is 0.131 e. The van der Waals surface area contributed by atoms with Crippen LogP contribution >= 0.6 is 15.9 Å². The number of rotatable bonds is 1. The van der Waals surface area contributed by atoms with Crippen molar-refractivity contribution in [3.8, 4) is 0 Å². The van der Waals surface area contributed by atoms with Gasteiger partial charge in [0.1, 0.15) is 4.60 Å². The van der Waals surface area contributed by atoms with E-state index in [1.165, 1.54) is 11.3 Å². The molecular weight excluding hydrogens is 256 g/mol. The maximum atomic E-state index is 4.62. The summed E-state index contributed by atoms with van der Waals surface area (Å²) in [6, 6.07) is 0.579. The third-order valence-electron chi connectivity index (χ3n) is 3.30. The van der Waals surface area contributed by atoms with Crippen LogP contribution in [-0.2, 0) is 13.0 Å². The largest absolute Gasteiger partial charge is 0.311 e. The zero-order valence-corrected chi connectivity index (χ0v) is 10.4. The number of aromatic nitrogens is 2. The maximum absolute atomic E-state index is 4.62. The van der Waals surface area contributed by atoms with Crippen LogP contribution in [0.4, 0.5) is 0 Å². The molecule has 0 spiro atoms. The van der Waals surface area contributed by atoms with Gasteiger partial charge >= 0.3 is 0 Å². The molecular formula is C10H15BrN4. The van der Waals surface area contributed by atoms with Gasteiger partial charge in [0.2, 0.25) is 0 Å². The van der Waals surface area contributed by atoms with Gasteiger partial charge in [-0.2, -0.15) is 5.10 Å². The van der Waals surface area contributed by atoms with Gasteiger partial charge in [0, 0.05) is 25.2 Å². The second kappa shape index (κ2) is 3.57. The molecule has 1 N–H and O–H groups in total. The topological polar surface area (TPSA) is 33.1 Å². The van der Waals surface area contributed by atoms with Crippen LogP contribution in [0, 0.1) is 0 Å². The minimum Gasteiger partial charge on any atom is -0.311 e. The summed E-state index contributed by atoms with van der Waals surface area (Å²) in [6.07, 6.45) is 1.10. The third kappa shape index (κ3) is 1.53. The molecule has 1 saturated heterocycles. The van der Waals surface area contributed by atoms with E-state index in [0.717, 1.165) is 37.2 Å². The number of hydrogen-bond donors (Lipinski definition) is 1. The standard InChI is InChI=1S/C10H15BrN4/c1-14-5-7(6-14)15-9-4-12-3-2-8(9)10(11)13-15/h7,12H,2-6H2,1H3. The van der Waals surface area contributed by atoms with E-state index in [-0.39, 0.29) is 0 Å². The fourth-order valence-corrected chi connectivity index (χ4v) is 3.05. The molecule has 0 unspecified atom stereocenters. The lowest BCUT2D eigenvalue weighted by atomic mass is 10.1. The first kappa shape index (κ1) is 9.81. The minimum absolute atomic E-state index is 0.579. The van der Waals surface area contributed by atoms with Crippen molar-refractivity contribution in [3.05, 3.63) is 15.9 Å². The smallest absolute Gasteiger partial charge is 0.131 e. The van der Waals surface area contributed by atoms with Crippen LogP contribution in [0.1, 0.15) is 17.3 Å². The molecule has 0 aliphatic carbocycles. The third-order valence-corrected chi connectivity index (χ3v) is 3.94. The molecule has 0 amide bonds. The first-order valence-corrected chi connectivity index (χ1v) is 6.20. The Balaban J connectivity index is 1.94. The van der Waals surface area contributed by atoms with Crippen molar-refractivity contribution in [1.82, 2.24) is 20.0 Å². The van der Waals surface area contributed by atoms with Gasteiger partial charge in [-0.3, -0.25) is 4.68 Å². The summed E-state index contributed by atoms with van der Waals surface area (Å²) in [5, 5.41) is 8.03. The molecule has 15 heavy (non-hydrogen) atoms. The molecule has 0 saturated carbocycles. The molecule has 1 fully saturated rings. The number of likely N-dealkylation sites (tertiary alicyclic amines) is 1. The van der Waals surface area contributed by atoms with E-state index < -0.39 is 0 Å². The Hall–Kier alpha value is -0.390. The average molecular weight is 271 g/mol. The van der Waals surface area contributed by atoms with E-state index in [9.17, 15) is 0 Å². The fraction of sp³-hybridized carbons (Fsp3) is 0.700. The van der Waals surface area contributed by atoms with Crippen LogP contribution in [0.5, 0.6) is 0 Å². The van der Waals surface area contributed by atoms with Gasteiger partial charge in [0.05, 0.1) is 11.7 Å². The van der Waals surface area contributed by atoms with E-state index in [4.69, 9.17) is 0 Å². The number of likely N-dealkylation sites (N-methyl/N-ethyl adjacent to an activating group) is 1. The lowest BCUT2D eigenvalue weighted by Gasteiger charge is -2.37. The Labute approximate surface area is 97.8 Å². The highest BCUT2D eigenvalue weighted by molar-refractivity contribution is 9.10. The Morgan fingerprint density at radius 3 is 3.00 bits per heavy atom. The number of fused-ring (bicyclic) bond motifs is 1. The lowest BCUT2D eigenvalue weighted by molar-refractivity contribution is 0.127. The zero-order valence-electron chi connectivity index (χ0n) is 8.83. The molecule has 1 aromatic rings. The van der Waals surface area contributed by atoms with E-state index in [2.05, 4.69) is 43.0 Å². The van der Waals surface area contributed by atoms with Gasteiger partial charge < -0.3 is 10.2 Å². The predicted octanol–water partition coefficient (Wildman–Crippen LogP) is 0.778. The SMILES string of the molecule is CN1CC(n2nc(Br)c3c2CNCC3)C1. The summed E-state index contributed by atoms with van der Waals surface area (Å²) in [4.78, 5) is 2.32. The lowest BCUT2D eigenvalue weighted by Crippen LogP contribution is -2.46. The van der Waals surface area contributed by atoms with Crippen molar-refractivity contribution in [3.63, 3.8) is 0 Å². The molecule has 0 bridgehead atoms. The highest BCUT2D eigenvalue weighted by Gasteiger charge is 2.30. The van der Waals surface area contributed by atoms with E-state index >= 15 is 0 Å². The number of hydrogen-bond acceptors (Lipinski definition) is 3. The Bertz CT molecular complexity index is 381. The van der Waals surface area contributed by atoms with Gasteiger partial charge in [0.15, 0.2) is 0 Å². The van der Waals surface area contributed by atoms with Crippen molar-refractivity contribution in [2.75, 3.05) is 26.7 Å². The molecule has 0 aromatic carbocycles. The van der Waals surface area contributed by atoms with Crippen molar-refractivity contribution in [2.45, 2.75) is 19.0 Å². The summed E-state index contributed by atoms with van der Waals surface area (Å²) in [6.45, 7) is 4.29. The quantitative estimate of drug-likeness (QED) is 0.819. The van der Waals surface area contributed by atoms with Crippen LogP contribution in [0.15, 0.2) is 4.60 Å². The average Bonchev–Trinajstić information content (AvgIpc) is 2.52. The fourth-order valence-electron chi connectivity index (χ4n) is 2.45. The number of nitrogens with one attached hydrogen (secondary N) is 1. The van der Waals surface area contributed by atoms with E-state index in [1.807, 2.05) is 0 Å². The summed E-state index contributed by atoms with van der Waals surface area (Å²) < 4.78 is 3.26. The van der Waals surface area contributed by atoms with Gasteiger partial charge in [-0.1, -0.05) is 0 Å². The molecule has 3 rings (SSSR count). The molecule has 0 atom stereocenters. The van der Waals surface area contributed by atoms with Gasteiger partial charge in [-0.25, -0.2) is 0 Å². The second-order valence-corrected chi connectivity index (χ2v) is 5.21. The summed E-state index contributed by atoms with van der Waals surface area (Å²) in [7, 11) is 2.15. The molecule has 3 heterocycles.